The molecule has 0 atom stereocenters. The number of ether oxygens (including phenoxy) is 1. The third-order valence-corrected chi connectivity index (χ3v) is 3.29. The normalized spacial score (nSPS) is 18.2. The molecule has 1 aliphatic heterocycles. The van der Waals surface area contributed by atoms with Gasteiger partial charge in [-0.3, -0.25) is 0 Å². The molecule has 1 aromatic rings. The molecule has 0 N–H and O–H groups in total. The van der Waals surface area contributed by atoms with Crippen LogP contribution in [0.4, 0.5) is 0 Å². The largest absolute Gasteiger partial charge is 0.474 e. The van der Waals surface area contributed by atoms with Gasteiger partial charge >= 0.3 is 0 Å². The lowest BCUT2D eigenvalue weighted by Gasteiger charge is -2.28. The van der Waals surface area contributed by atoms with E-state index in [-0.39, 0.29) is 6.10 Å². The molecule has 1 aromatic heterocycles. The van der Waals surface area contributed by atoms with Crippen molar-refractivity contribution in [3.63, 3.8) is 0 Å². The van der Waals surface area contributed by atoms with Crippen molar-refractivity contribution in [3.05, 3.63) is 23.9 Å². The third kappa shape index (κ3) is 4.28. The van der Waals surface area contributed by atoms with E-state index in [1.54, 1.807) is 6.20 Å². The Morgan fingerprint density at radius 1 is 1.44 bits per heavy atom. The first-order valence-corrected chi connectivity index (χ1v) is 6.70. The van der Waals surface area contributed by atoms with Gasteiger partial charge in [-0.15, -0.1) is 3.94 Å². The van der Waals surface area contributed by atoms with Gasteiger partial charge in [0.1, 0.15) is 6.10 Å². The summed E-state index contributed by atoms with van der Waals surface area (Å²) in [6, 6.07) is 3.76. The minimum absolute atomic E-state index is 0.257. The highest BCUT2D eigenvalue weighted by molar-refractivity contribution is 6.33. The van der Waals surface area contributed by atoms with Gasteiger partial charge in [0.25, 0.3) is 0 Å². The summed E-state index contributed by atoms with van der Waals surface area (Å²) in [7, 11) is 2.13. The average molecular weight is 290 g/mol. The Kier molecular flexibility index (Phi) is 5.06. The van der Waals surface area contributed by atoms with Gasteiger partial charge in [0.2, 0.25) is 5.88 Å². The molecule has 1 saturated heterocycles. The highest BCUT2D eigenvalue weighted by atomic mass is 35.5. The van der Waals surface area contributed by atoms with E-state index in [4.69, 9.17) is 28.3 Å². The molecule has 18 heavy (non-hydrogen) atoms. The molecule has 2 rings (SSSR count). The predicted molar refractivity (Wildman–Crippen MR) is 72.6 cm³/mol. The molecule has 0 bridgehead atoms. The van der Waals surface area contributed by atoms with Crippen LogP contribution in [0.25, 0.3) is 0 Å². The fourth-order valence-corrected chi connectivity index (χ4v) is 2.30. The van der Waals surface area contributed by atoms with E-state index in [0.717, 1.165) is 35.4 Å². The molecule has 0 unspecified atom stereocenters. The summed E-state index contributed by atoms with van der Waals surface area (Å²) in [4.78, 5) is 6.53. The number of likely N-dealkylation sites (tertiary alicyclic amines) is 1. The smallest absolute Gasteiger partial charge is 0.213 e. The number of halogens is 2. The van der Waals surface area contributed by atoms with Gasteiger partial charge in [0.15, 0.2) is 0 Å². The summed E-state index contributed by atoms with van der Waals surface area (Å²) in [5.41, 5.74) is 0.984. The lowest BCUT2D eigenvalue weighted by atomic mass is 10.1. The van der Waals surface area contributed by atoms with E-state index in [1.807, 2.05) is 12.1 Å². The van der Waals surface area contributed by atoms with E-state index >= 15 is 0 Å². The van der Waals surface area contributed by atoms with Crippen molar-refractivity contribution in [3.8, 4) is 5.88 Å². The molecular formula is C12H17Cl2N3O. The summed E-state index contributed by atoms with van der Waals surface area (Å²) in [6.45, 7) is 2.60. The minimum Gasteiger partial charge on any atom is -0.474 e. The number of rotatable bonds is 4. The molecule has 0 spiro atoms. The Bertz CT molecular complexity index is 381. The molecule has 4 nitrogen and oxygen atoms in total. The number of piperidine rings is 1. The first kappa shape index (κ1) is 13.9. The van der Waals surface area contributed by atoms with Crippen molar-refractivity contribution in [2.24, 2.45) is 0 Å². The Labute approximate surface area is 118 Å². The van der Waals surface area contributed by atoms with Crippen molar-refractivity contribution in [1.82, 2.24) is 13.8 Å². The summed E-state index contributed by atoms with van der Waals surface area (Å²) in [6.07, 6.45) is 4.06. The monoisotopic (exact) mass is 289 g/mol. The number of hydrogen-bond acceptors (Lipinski definition) is 4. The zero-order valence-electron chi connectivity index (χ0n) is 10.4. The second-order valence-corrected chi connectivity index (χ2v) is 5.57. The molecule has 1 fully saturated rings. The topological polar surface area (TPSA) is 28.6 Å². The number of nitrogens with zero attached hydrogens (tertiary/aromatic N) is 3. The molecule has 0 amide bonds. The third-order valence-electron chi connectivity index (χ3n) is 3.05. The molecule has 6 heteroatoms. The van der Waals surface area contributed by atoms with E-state index in [0.29, 0.717) is 12.4 Å². The van der Waals surface area contributed by atoms with Crippen LogP contribution in [-0.4, -0.2) is 40.1 Å². The highest BCUT2D eigenvalue weighted by Gasteiger charge is 2.18. The zero-order chi connectivity index (χ0) is 13.0. The van der Waals surface area contributed by atoms with Crippen LogP contribution in [0.5, 0.6) is 5.88 Å². The molecule has 0 radical (unpaired) electrons. The molecule has 0 saturated carbocycles. The minimum atomic E-state index is 0.257. The van der Waals surface area contributed by atoms with Crippen LogP contribution in [0, 0.1) is 0 Å². The second-order valence-electron chi connectivity index (χ2n) is 4.58. The summed E-state index contributed by atoms with van der Waals surface area (Å²) in [5.74, 6) is 0.650. The van der Waals surface area contributed by atoms with E-state index in [1.165, 1.54) is 0 Å². The van der Waals surface area contributed by atoms with Crippen molar-refractivity contribution >= 4 is 23.6 Å². The number of aromatic nitrogens is 1. The van der Waals surface area contributed by atoms with E-state index in [2.05, 4.69) is 16.9 Å². The van der Waals surface area contributed by atoms with Crippen LogP contribution < -0.4 is 4.74 Å². The van der Waals surface area contributed by atoms with Gasteiger partial charge < -0.3 is 9.64 Å². The van der Waals surface area contributed by atoms with Gasteiger partial charge in [-0.05, 0) is 55.1 Å². The zero-order valence-corrected chi connectivity index (χ0v) is 11.9. The van der Waals surface area contributed by atoms with Gasteiger partial charge in [-0.1, -0.05) is 0 Å². The molecule has 0 aromatic carbocycles. The standard InChI is InChI=1S/C12H17Cl2N3O/c1-16-6-3-11(4-7-16)18-12-8-10(2-5-15-12)9-17(13)14/h2,5,8,11H,3-4,6-7,9H2,1H3. The Morgan fingerprint density at radius 2 is 2.17 bits per heavy atom. The highest BCUT2D eigenvalue weighted by Crippen LogP contribution is 2.18. The molecular weight excluding hydrogens is 273 g/mol. The van der Waals surface area contributed by atoms with Crippen LogP contribution in [0.1, 0.15) is 18.4 Å². The van der Waals surface area contributed by atoms with E-state index < -0.39 is 0 Å². The fourth-order valence-electron chi connectivity index (χ4n) is 2.02. The average Bonchev–Trinajstić information content (AvgIpc) is 2.32. The Morgan fingerprint density at radius 3 is 2.83 bits per heavy atom. The maximum Gasteiger partial charge on any atom is 0.213 e. The quantitative estimate of drug-likeness (QED) is 0.797. The lowest BCUT2D eigenvalue weighted by molar-refractivity contribution is 0.110. The number of hydrogen-bond donors (Lipinski definition) is 0. The first-order chi connectivity index (χ1) is 8.63. The summed E-state index contributed by atoms with van der Waals surface area (Å²) >= 11 is 11.2. The van der Waals surface area contributed by atoms with Crippen LogP contribution in [-0.2, 0) is 6.54 Å². The van der Waals surface area contributed by atoms with Crippen molar-refractivity contribution < 1.29 is 4.74 Å². The predicted octanol–water partition coefficient (Wildman–Crippen LogP) is 2.66. The molecule has 100 valence electrons. The van der Waals surface area contributed by atoms with Crippen LogP contribution >= 0.6 is 23.6 Å². The Balaban J connectivity index is 1.92. The summed E-state index contributed by atoms with van der Waals surface area (Å²) < 4.78 is 6.98. The van der Waals surface area contributed by atoms with Crippen LogP contribution in [0.3, 0.4) is 0 Å². The van der Waals surface area contributed by atoms with Crippen LogP contribution in [0.15, 0.2) is 18.3 Å². The second kappa shape index (κ2) is 6.57. The first-order valence-electron chi connectivity index (χ1n) is 6.02. The Hall–Kier alpha value is -0.550. The lowest BCUT2D eigenvalue weighted by Crippen LogP contribution is -2.35. The fraction of sp³-hybridized carbons (Fsp3) is 0.583. The van der Waals surface area contributed by atoms with E-state index in [9.17, 15) is 0 Å². The molecule has 2 heterocycles. The summed E-state index contributed by atoms with van der Waals surface area (Å²) in [5, 5.41) is 0. The molecule has 0 aliphatic carbocycles. The van der Waals surface area contributed by atoms with Crippen LogP contribution in [0.2, 0.25) is 0 Å². The van der Waals surface area contributed by atoms with Crippen molar-refractivity contribution in [1.29, 1.82) is 0 Å². The van der Waals surface area contributed by atoms with Gasteiger partial charge in [-0.2, -0.15) is 0 Å². The van der Waals surface area contributed by atoms with Gasteiger partial charge in [0.05, 0.1) is 6.54 Å². The van der Waals surface area contributed by atoms with Crippen molar-refractivity contribution in [2.75, 3.05) is 20.1 Å². The van der Waals surface area contributed by atoms with Gasteiger partial charge in [-0.25, -0.2) is 4.98 Å². The molecule has 1 aliphatic rings. The maximum absolute atomic E-state index is 5.88. The maximum atomic E-state index is 5.88. The number of pyridine rings is 1. The van der Waals surface area contributed by atoms with Crippen molar-refractivity contribution in [2.45, 2.75) is 25.5 Å². The van der Waals surface area contributed by atoms with Gasteiger partial charge in [0, 0.05) is 25.4 Å². The SMILES string of the molecule is CN1CCC(Oc2cc(CN(Cl)Cl)ccn2)CC1.